The molecule has 126 valence electrons. The molecule has 0 fully saturated rings. The van der Waals surface area contributed by atoms with E-state index in [0.717, 1.165) is 27.8 Å². The van der Waals surface area contributed by atoms with Crippen LogP contribution >= 0.6 is 12.2 Å². The number of nitrogens with one attached hydrogen (secondary N) is 2. The summed E-state index contributed by atoms with van der Waals surface area (Å²) in [6, 6.07) is 20.0. The molecule has 3 rings (SSSR count). The van der Waals surface area contributed by atoms with Gasteiger partial charge in [0.15, 0.2) is 5.11 Å². The van der Waals surface area contributed by atoms with Crippen molar-refractivity contribution in [3.8, 4) is 5.75 Å². The van der Waals surface area contributed by atoms with Crippen molar-refractivity contribution >= 4 is 40.0 Å². The average molecular weight is 349 g/mol. The van der Waals surface area contributed by atoms with Crippen molar-refractivity contribution in [1.29, 1.82) is 0 Å². The van der Waals surface area contributed by atoms with Crippen molar-refractivity contribution < 1.29 is 4.74 Å². The number of anilines is 1. The number of fused-ring (bicyclic) bond motifs is 1. The Morgan fingerprint density at radius 3 is 2.60 bits per heavy atom. The minimum atomic E-state index is 0.444. The van der Waals surface area contributed by atoms with E-state index >= 15 is 0 Å². The lowest BCUT2D eigenvalue weighted by atomic mass is 10.0. The van der Waals surface area contributed by atoms with Crippen molar-refractivity contribution in [2.75, 3.05) is 12.4 Å². The van der Waals surface area contributed by atoms with E-state index in [1.165, 1.54) is 5.56 Å². The summed E-state index contributed by atoms with van der Waals surface area (Å²) in [5.41, 5.74) is 5.94. The molecule has 0 aliphatic carbocycles. The van der Waals surface area contributed by atoms with Crippen molar-refractivity contribution in [2.24, 2.45) is 5.10 Å². The summed E-state index contributed by atoms with van der Waals surface area (Å²) in [4.78, 5) is 0. The van der Waals surface area contributed by atoms with E-state index in [1.54, 1.807) is 13.3 Å². The third-order valence-electron chi connectivity index (χ3n) is 3.78. The summed E-state index contributed by atoms with van der Waals surface area (Å²) in [6.45, 7) is 2.04. The number of hydrogen-bond donors (Lipinski definition) is 2. The minimum absolute atomic E-state index is 0.444. The number of methoxy groups -OCH3 is 1. The Balaban J connectivity index is 1.72. The van der Waals surface area contributed by atoms with Gasteiger partial charge in [-0.05, 0) is 54.4 Å². The number of benzene rings is 3. The largest absolute Gasteiger partial charge is 0.496 e. The molecular formula is C20H19N3OS. The van der Waals surface area contributed by atoms with Crippen LogP contribution in [0.1, 0.15) is 11.1 Å². The number of aryl methyl sites for hydroxylation is 1. The molecule has 3 aromatic carbocycles. The van der Waals surface area contributed by atoms with Gasteiger partial charge in [0.05, 0.1) is 13.3 Å². The average Bonchev–Trinajstić information content (AvgIpc) is 2.62. The first-order valence-corrected chi connectivity index (χ1v) is 8.30. The molecule has 0 unspecified atom stereocenters. The van der Waals surface area contributed by atoms with Gasteiger partial charge >= 0.3 is 0 Å². The van der Waals surface area contributed by atoms with Crippen LogP contribution in [0.3, 0.4) is 0 Å². The standard InChI is InChI=1S/C20H19N3OS/c1-14-6-5-7-16(12-14)22-20(25)23-21-13-15-10-11-19(24-2)18-9-4-3-8-17(15)18/h3-13H,1-2H3,(H2,22,23,25). The maximum Gasteiger partial charge on any atom is 0.191 e. The van der Waals surface area contributed by atoms with E-state index in [9.17, 15) is 0 Å². The Labute approximate surface area is 152 Å². The van der Waals surface area contributed by atoms with E-state index in [2.05, 4.69) is 15.8 Å². The SMILES string of the molecule is COc1ccc(C=NNC(=S)Nc2cccc(C)c2)c2ccccc12. The predicted molar refractivity (Wildman–Crippen MR) is 109 cm³/mol. The Hall–Kier alpha value is -2.92. The quantitative estimate of drug-likeness (QED) is 0.414. The number of ether oxygens (including phenoxy) is 1. The smallest absolute Gasteiger partial charge is 0.191 e. The second kappa shape index (κ2) is 7.77. The first kappa shape index (κ1) is 16.9. The van der Waals surface area contributed by atoms with Gasteiger partial charge in [0.1, 0.15) is 5.75 Å². The first-order chi connectivity index (χ1) is 12.2. The molecule has 4 nitrogen and oxygen atoms in total. The molecule has 5 heteroatoms. The summed E-state index contributed by atoms with van der Waals surface area (Å²) in [5, 5.41) is 9.93. The van der Waals surface area contributed by atoms with E-state index in [-0.39, 0.29) is 0 Å². The number of hydrogen-bond acceptors (Lipinski definition) is 3. The van der Waals surface area contributed by atoms with E-state index in [4.69, 9.17) is 17.0 Å². The van der Waals surface area contributed by atoms with Crippen LogP contribution in [0, 0.1) is 6.92 Å². The van der Waals surface area contributed by atoms with Gasteiger partial charge in [-0.3, -0.25) is 5.43 Å². The van der Waals surface area contributed by atoms with Crippen molar-refractivity contribution in [3.63, 3.8) is 0 Å². The maximum absolute atomic E-state index is 5.41. The lowest BCUT2D eigenvalue weighted by Gasteiger charge is -2.09. The molecule has 0 aromatic heterocycles. The van der Waals surface area contributed by atoms with E-state index in [0.29, 0.717) is 5.11 Å². The molecule has 0 radical (unpaired) electrons. The third kappa shape index (κ3) is 4.14. The molecule has 3 aromatic rings. The second-order valence-electron chi connectivity index (χ2n) is 5.60. The number of rotatable bonds is 4. The van der Waals surface area contributed by atoms with Gasteiger partial charge in [0.2, 0.25) is 0 Å². The van der Waals surface area contributed by atoms with Gasteiger partial charge in [0, 0.05) is 16.6 Å². The molecule has 0 spiro atoms. The Kier molecular flexibility index (Phi) is 5.26. The number of thiocarbonyl (C=S) groups is 1. The Morgan fingerprint density at radius 1 is 1.04 bits per heavy atom. The minimum Gasteiger partial charge on any atom is -0.496 e. The molecular weight excluding hydrogens is 330 g/mol. The lowest BCUT2D eigenvalue weighted by molar-refractivity contribution is 0.420. The fraction of sp³-hybridized carbons (Fsp3) is 0.100. The highest BCUT2D eigenvalue weighted by molar-refractivity contribution is 7.80. The van der Waals surface area contributed by atoms with Crippen molar-refractivity contribution in [3.05, 3.63) is 71.8 Å². The van der Waals surface area contributed by atoms with Crippen LogP contribution in [0.2, 0.25) is 0 Å². The molecule has 0 bridgehead atoms. The molecule has 0 saturated heterocycles. The van der Waals surface area contributed by atoms with Crippen LogP contribution in [0.4, 0.5) is 5.69 Å². The third-order valence-corrected chi connectivity index (χ3v) is 3.98. The highest BCUT2D eigenvalue weighted by atomic mass is 32.1. The molecule has 0 saturated carbocycles. The fourth-order valence-corrected chi connectivity index (χ4v) is 2.80. The molecule has 0 aliphatic heterocycles. The lowest BCUT2D eigenvalue weighted by Crippen LogP contribution is -2.23. The zero-order chi connectivity index (χ0) is 17.6. The Bertz CT molecular complexity index is 937. The molecule has 0 aliphatic rings. The zero-order valence-electron chi connectivity index (χ0n) is 14.1. The first-order valence-electron chi connectivity index (χ1n) is 7.90. The van der Waals surface area contributed by atoms with Crippen LogP contribution in [-0.2, 0) is 0 Å². The van der Waals surface area contributed by atoms with Crippen LogP contribution in [0.25, 0.3) is 10.8 Å². The maximum atomic E-state index is 5.41. The molecule has 0 amide bonds. The highest BCUT2D eigenvalue weighted by Crippen LogP contribution is 2.27. The Morgan fingerprint density at radius 2 is 1.84 bits per heavy atom. The van der Waals surface area contributed by atoms with Crippen molar-refractivity contribution in [2.45, 2.75) is 6.92 Å². The van der Waals surface area contributed by atoms with E-state index in [1.807, 2.05) is 67.6 Å². The topological polar surface area (TPSA) is 45.6 Å². The number of nitrogens with zero attached hydrogens (tertiary/aromatic N) is 1. The van der Waals surface area contributed by atoms with Gasteiger partial charge < -0.3 is 10.1 Å². The molecule has 0 atom stereocenters. The van der Waals surface area contributed by atoms with Crippen LogP contribution < -0.4 is 15.5 Å². The zero-order valence-corrected chi connectivity index (χ0v) is 14.9. The van der Waals surface area contributed by atoms with Gasteiger partial charge in [-0.15, -0.1) is 0 Å². The van der Waals surface area contributed by atoms with Gasteiger partial charge in [0.25, 0.3) is 0 Å². The molecule has 25 heavy (non-hydrogen) atoms. The summed E-state index contributed by atoms with van der Waals surface area (Å²) in [6.07, 6.45) is 1.76. The van der Waals surface area contributed by atoms with E-state index < -0.39 is 0 Å². The fourth-order valence-electron chi connectivity index (χ4n) is 2.63. The van der Waals surface area contributed by atoms with Gasteiger partial charge in [-0.1, -0.05) is 36.4 Å². The monoisotopic (exact) mass is 349 g/mol. The summed E-state index contributed by atoms with van der Waals surface area (Å²) in [7, 11) is 1.67. The second-order valence-corrected chi connectivity index (χ2v) is 6.00. The predicted octanol–water partition coefficient (Wildman–Crippen LogP) is 4.48. The van der Waals surface area contributed by atoms with Crippen LogP contribution in [0.5, 0.6) is 5.75 Å². The molecule has 0 heterocycles. The summed E-state index contributed by atoms with van der Waals surface area (Å²) < 4.78 is 5.41. The molecule has 2 N–H and O–H groups in total. The normalized spacial score (nSPS) is 10.8. The van der Waals surface area contributed by atoms with Gasteiger partial charge in [-0.2, -0.15) is 5.10 Å². The summed E-state index contributed by atoms with van der Waals surface area (Å²) >= 11 is 5.27. The number of hydrazone groups is 1. The van der Waals surface area contributed by atoms with Crippen LogP contribution in [-0.4, -0.2) is 18.4 Å². The van der Waals surface area contributed by atoms with Crippen molar-refractivity contribution in [1.82, 2.24) is 5.43 Å². The summed E-state index contributed by atoms with van der Waals surface area (Å²) in [5.74, 6) is 0.845. The van der Waals surface area contributed by atoms with Gasteiger partial charge in [-0.25, -0.2) is 0 Å². The highest BCUT2D eigenvalue weighted by Gasteiger charge is 2.04. The van der Waals surface area contributed by atoms with Crippen LogP contribution in [0.15, 0.2) is 65.8 Å².